The summed E-state index contributed by atoms with van der Waals surface area (Å²) in [6, 6.07) is 0.595. The average Bonchev–Trinajstić information content (AvgIpc) is 3.22. The number of amides is 1. The Morgan fingerprint density at radius 1 is 1.40 bits per heavy atom. The Morgan fingerprint density at radius 3 is 2.72 bits per heavy atom. The smallest absolute Gasteiger partial charge is 0.237 e. The van der Waals surface area contributed by atoms with Crippen LogP contribution in [0.1, 0.15) is 44.7 Å². The molecule has 2 atom stereocenters. The first-order chi connectivity index (χ1) is 12.0. The summed E-state index contributed by atoms with van der Waals surface area (Å²) in [7, 11) is 1.67. The van der Waals surface area contributed by atoms with Gasteiger partial charge in [0.05, 0.1) is 18.3 Å². The first kappa shape index (κ1) is 18.4. The fraction of sp³-hybridized carbons (Fsp3) is 0.778. The summed E-state index contributed by atoms with van der Waals surface area (Å²) in [5.74, 6) is 0.0279. The molecule has 2 aliphatic rings. The molecule has 0 bridgehead atoms. The van der Waals surface area contributed by atoms with Gasteiger partial charge in [0, 0.05) is 44.0 Å². The lowest BCUT2D eigenvalue weighted by Crippen LogP contribution is -2.50. The monoisotopic (exact) mass is 349 g/mol. The van der Waals surface area contributed by atoms with Crippen LogP contribution >= 0.6 is 0 Å². The van der Waals surface area contributed by atoms with E-state index in [-0.39, 0.29) is 18.1 Å². The molecule has 2 aliphatic heterocycles. The maximum atomic E-state index is 12.1. The summed E-state index contributed by atoms with van der Waals surface area (Å²) in [4.78, 5) is 16.8. The molecule has 2 saturated heterocycles. The molecule has 1 amide bonds. The zero-order valence-corrected chi connectivity index (χ0v) is 15.6. The van der Waals surface area contributed by atoms with E-state index in [0.717, 1.165) is 32.5 Å². The molecule has 0 aromatic carbocycles. The number of carbonyl (C=O) groups is 1. The molecule has 0 unspecified atom stereocenters. The number of piperidine rings is 1. The molecule has 0 aliphatic carbocycles. The third-order valence-electron chi connectivity index (χ3n) is 5.48. The minimum atomic E-state index is -0.387. The second-order valence-electron chi connectivity index (χ2n) is 7.65. The van der Waals surface area contributed by atoms with Gasteiger partial charge >= 0.3 is 0 Å². The molecule has 7 nitrogen and oxygen atoms in total. The van der Waals surface area contributed by atoms with Crippen LogP contribution in [0.5, 0.6) is 0 Å². The molecule has 7 heteroatoms. The Hall–Kier alpha value is -1.44. The summed E-state index contributed by atoms with van der Waals surface area (Å²) in [6.45, 7) is 7.85. The van der Waals surface area contributed by atoms with Crippen LogP contribution in [0.3, 0.4) is 0 Å². The fourth-order valence-electron chi connectivity index (χ4n) is 4.07. The Labute approximate surface area is 150 Å². The van der Waals surface area contributed by atoms with Crippen LogP contribution in [0.15, 0.2) is 12.4 Å². The first-order valence-electron chi connectivity index (χ1n) is 9.38. The van der Waals surface area contributed by atoms with Gasteiger partial charge in [-0.15, -0.1) is 0 Å². The van der Waals surface area contributed by atoms with E-state index in [4.69, 9.17) is 0 Å². The molecule has 140 valence electrons. The molecule has 3 heterocycles. The molecule has 2 N–H and O–H groups in total. The lowest BCUT2D eigenvalue weighted by Gasteiger charge is -2.38. The van der Waals surface area contributed by atoms with Crippen LogP contribution in [0, 0.1) is 0 Å². The third-order valence-corrected chi connectivity index (χ3v) is 5.48. The van der Waals surface area contributed by atoms with Crippen LogP contribution in [-0.4, -0.2) is 75.5 Å². The molecule has 2 fully saturated rings. The number of nitrogens with one attached hydrogen (secondary N) is 1. The standard InChI is InChI=1S/C18H31N5O2/c1-13(2)23-11-14(9-20-23)10-21-6-4-15(5-7-21)22-12-16(24)8-17(22)18(25)19-3/h9,11,13,15-17,24H,4-8,10,12H2,1-3H3,(H,19,25)/t16-,17+/m1/s1. The summed E-state index contributed by atoms with van der Waals surface area (Å²) < 4.78 is 2.00. The van der Waals surface area contributed by atoms with Crippen LogP contribution in [0.4, 0.5) is 0 Å². The van der Waals surface area contributed by atoms with Crippen molar-refractivity contribution in [3.05, 3.63) is 18.0 Å². The number of aliphatic hydroxyl groups is 1. The minimum absolute atomic E-state index is 0.0279. The Bertz CT molecular complexity index is 580. The van der Waals surface area contributed by atoms with Crippen LogP contribution in [0.2, 0.25) is 0 Å². The van der Waals surface area contributed by atoms with E-state index in [2.05, 4.69) is 40.3 Å². The normalized spacial score (nSPS) is 26.4. The molecular formula is C18H31N5O2. The summed E-state index contributed by atoms with van der Waals surface area (Å²) >= 11 is 0. The highest BCUT2D eigenvalue weighted by atomic mass is 16.3. The highest BCUT2D eigenvalue weighted by molar-refractivity contribution is 5.81. The molecule has 1 aromatic rings. The van der Waals surface area contributed by atoms with Gasteiger partial charge in [-0.25, -0.2) is 0 Å². The van der Waals surface area contributed by atoms with Crippen LogP contribution in [-0.2, 0) is 11.3 Å². The van der Waals surface area contributed by atoms with Gasteiger partial charge in [-0.1, -0.05) is 0 Å². The molecule has 1 aromatic heterocycles. The van der Waals surface area contributed by atoms with Gasteiger partial charge in [0.25, 0.3) is 0 Å². The van der Waals surface area contributed by atoms with Crippen molar-refractivity contribution >= 4 is 5.91 Å². The fourth-order valence-corrected chi connectivity index (χ4v) is 4.07. The lowest BCUT2D eigenvalue weighted by molar-refractivity contribution is -0.126. The first-order valence-corrected chi connectivity index (χ1v) is 9.38. The van der Waals surface area contributed by atoms with E-state index in [1.165, 1.54) is 5.56 Å². The third kappa shape index (κ3) is 4.22. The molecule has 25 heavy (non-hydrogen) atoms. The van der Waals surface area contributed by atoms with E-state index in [1.54, 1.807) is 7.05 Å². The number of carbonyl (C=O) groups excluding carboxylic acids is 1. The number of rotatable bonds is 5. The Morgan fingerprint density at radius 2 is 2.12 bits per heavy atom. The van der Waals surface area contributed by atoms with E-state index >= 15 is 0 Å². The van der Waals surface area contributed by atoms with Crippen molar-refractivity contribution in [3.63, 3.8) is 0 Å². The minimum Gasteiger partial charge on any atom is -0.392 e. The quantitative estimate of drug-likeness (QED) is 0.815. The number of hydrogen-bond donors (Lipinski definition) is 2. The van der Waals surface area contributed by atoms with Crippen molar-refractivity contribution in [1.82, 2.24) is 24.9 Å². The number of nitrogens with zero attached hydrogens (tertiary/aromatic N) is 4. The summed E-state index contributed by atoms with van der Waals surface area (Å²) in [6.07, 6.45) is 6.34. The number of β-amino-alcohol motifs (C(OH)–C–C–N with tert-alkyl or cyclic N) is 1. The van der Waals surface area contributed by atoms with Crippen molar-refractivity contribution in [2.45, 2.75) is 63.9 Å². The van der Waals surface area contributed by atoms with Crippen molar-refractivity contribution in [2.75, 3.05) is 26.7 Å². The van der Waals surface area contributed by atoms with Crippen molar-refractivity contribution in [3.8, 4) is 0 Å². The number of aliphatic hydroxyl groups excluding tert-OH is 1. The highest BCUT2D eigenvalue weighted by Gasteiger charge is 2.40. The largest absolute Gasteiger partial charge is 0.392 e. The van der Waals surface area contributed by atoms with Gasteiger partial charge in [0.2, 0.25) is 5.91 Å². The molecule has 3 rings (SSSR count). The average molecular weight is 349 g/mol. The predicted octanol–water partition coefficient (Wildman–Crippen LogP) is 0.610. The molecular weight excluding hydrogens is 318 g/mol. The van der Waals surface area contributed by atoms with E-state index in [9.17, 15) is 9.90 Å². The maximum Gasteiger partial charge on any atom is 0.237 e. The van der Waals surface area contributed by atoms with Crippen molar-refractivity contribution < 1.29 is 9.90 Å². The lowest BCUT2D eigenvalue weighted by atomic mass is 10.0. The Kier molecular flexibility index (Phi) is 5.76. The molecule has 0 saturated carbocycles. The van der Waals surface area contributed by atoms with E-state index in [0.29, 0.717) is 25.0 Å². The number of aromatic nitrogens is 2. The van der Waals surface area contributed by atoms with Crippen LogP contribution in [0.25, 0.3) is 0 Å². The second kappa shape index (κ2) is 7.85. The number of likely N-dealkylation sites (tertiary alicyclic amines) is 2. The Balaban J connectivity index is 1.53. The maximum absolute atomic E-state index is 12.1. The highest BCUT2D eigenvalue weighted by Crippen LogP contribution is 2.27. The van der Waals surface area contributed by atoms with E-state index in [1.807, 2.05) is 10.9 Å². The van der Waals surface area contributed by atoms with Crippen LogP contribution < -0.4 is 5.32 Å². The van der Waals surface area contributed by atoms with Gasteiger partial charge < -0.3 is 10.4 Å². The van der Waals surface area contributed by atoms with Gasteiger partial charge in [-0.2, -0.15) is 5.10 Å². The number of likely N-dealkylation sites (N-methyl/N-ethyl adjacent to an activating group) is 1. The van der Waals surface area contributed by atoms with Gasteiger partial charge in [0.15, 0.2) is 0 Å². The topological polar surface area (TPSA) is 73.6 Å². The summed E-state index contributed by atoms with van der Waals surface area (Å²) in [5, 5.41) is 17.2. The zero-order chi connectivity index (χ0) is 18.0. The predicted molar refractivity (Wildman–Crippen MR) is 96.1 cm³/mol. The zero-order valence-electron chi connectivity index (χ0n) is 15.6. The second-order valence-corrected chi connectivity index (χ2v) is 7.65. The van der Waals surface area contributed by atoms with Gasteiger partial charge in [-0.05, 0) is 46.2 Å². The van der Waals surface area contributed by atoms with Gasteiger partial charge in [0.1, 0.15) is 0 Å². The molecule has 0 radical (unpaired) electrons. The van der Waals surface area contributed by atoms with E-state index < -0.39 is 0 Å². The molecule has 0 spiro atoms. The summed E-state index contributed by atoms with van der Waals surface area (Å²) in [5.41, 5.74) is 1.26. The van der Waals surface area contributed by atoms with Crippen molar-refractivity contribution in [1.29, 1.82) is 0 Å². The van der Waals surface area contributed by atoms with Gasteiger partial charge in [-0.3, -0.25) is 19.3 Å². The number of hydrogen-bond acceptors (Lipinski definition) is 5. The SMILES string of the molecule is CNC(=O)[C@@H]1C[C@@H](O)CN1C1CCN(Cc2cnn(C(C)C)c2)CC1. The van der Waals surface area contributed by atoms with Crippen molar-refractivity contribution in [2.24, 2.45) is 0 Å².